The molecule has 3 heteroatoms. The van der Waals surface area contributed by atoms with Crippen molar-refractivity contribution in [2.75, 3.05) is 0 Å². The molecule has 2 nitrogen and oxygen atoms in total. The van der Waals surface area contributed by atoms with E-state index in [-0.39, 0.29) is 0 Å². The minimum Gasteiger partial charge on any atom is -0.219 e. The molecule has 0 aliphatic heterocycles. The minimum absolute atomic E-state index is 0.438. The van der Waals surface area contributed by atoms with E-state index < -0.39 is 9.84 Å². The Bertz CT molecular complexity index is 557. The van der Waals surface area contributed by atoms with Crippen molar-refractivity contribution in [1.29, 1.82) is 0 Å². The van der Waals surface area contributed by atoms with E-state index in [1.165, 1.54) is 19.3 Å². The molecule has 1 fully saturated rings. The van der Waals surface area contributed by atoms with Crippen LogP contribution in [0.2, 0.25) is 0 Å². The number of rotatable bonds is 2. The predicted octanol–water partition coefficient (Wildman–Crippen LogP) is 3.55. The van der Waals surface area contributed by atoms with E-state index in [1.54, 1.807) is 24.3 Å². The molecule has 2 aliphatic rings. The third-order valence-corrected chi connectivity index (χ3v) is 6.20. The van der Waals surface area contributed by atoms with Crippen LogP contribution >= 0.6 is 0 Å². The zero-order valence-electron chi connectivity index (χ0n) is 10.4. The molecule has 0 N–H and O–H groups in total. The summed E-state index contributed by atoms with van der Waals surface area (Å²) in [5, 5.41) is 0. The third-order valence-electron chi connectivity index (χ3n) is 4.28. The zero-order valence-corrected chi connectivity index (χ0v) is 11.2. The van der Waals surface area contributed by atoms with Crippen LogP contribution in [0.15, 0.2) is 46.2 Å². The second kappa shape index (κ2) is 4.54. The number of hydrogen-bond acceptors (Lipinski definition) is 2. The van der Waals surface area contributed by atoms with Crippen LogP contribution in [-0.4, -0.2) is 8.42 Å². The van der Waals surface area contributed by atoms with E-state index in [2.05, 4.69) is 0 Å². The standard InChI is InChI=1S/C15H18O2S/c16-18(17,14-7-2-1-3-8-14)15-10-9-12-5-4-6-13(12)11-15/h1-3,7-8,11-13H,4-6,9-10H2/t12-,13-/m1/s1. The predicted molar refractivity (Wildman–Crippen MR) is 71.8 cm³/mol. The Labute approximate surface area is 109 Å². The monoisotopic (exact) mass is 262 g/mol. The normalized spacial score (nSPS) is 27.7. The van der Waals surface area contributed by atoms with Crippen molar-refractivity contribution in [2.45, 2.75) is 37.0 Å². The molecule has 2 aliphatic carbocycles. The van der Waals surface area contributed by atoms with E-state index in [0.29, 0.717) is 15.7 Å². The van der Waals surface area contributed by atoms with Crippen LogP contribution in [-0.2, 0) is 9.84 Å². The van der Waals surface area contributed by atoms with Crippen molar-refractivity contribution >= 4 is 9.84 Å². The molecule has 0 radical (unpaired) electrons. The molecule has 0 saturated heterocycles. The molecule has 1 saturated carbocycles. The van der Waals surface area contributed by atoms with Gasteiger partial charge in [-0.25, -0.2) is 8.42 Å². The quantitative estimate of drug-likeness (QED) is 0.816. The highest BCUT2D eigenvalue weighted by atomic mass is 32.2. The Morgan fingerprint density at radius 3 is 2.56 bits per heavy atom. The van der Waals surface area contributed by atoms with E-state index in [0.717, 1.165) is 18.8 Å². The molecule has 0 amide bonds. The highest BCUT2D eigenvalue weighted by Crippen LogP contribution is 2.42. The first-order valence-electron chi connectivity index (χ1n) is 6.69. The van der Waals surface area contributed by atoms with Crippen LogP contribution in [0.25, 0.3) is 0 Å². The molecule has 0 unspecified atom stereocenters. The second-order valence-electron chi connectivity index (χ2n) is 5.34. The van der Waals surface area contributed by atoms with Gasteiger partial charge in [0.2, 0.25) is 9.84 Å². The van der Waals surface area contributed by atoms with Gasteiger partial charge >= 0.3 is 0 Å². The van der Waals surface area contributed by atoms with E-state index in [9.17, 15) is 8.42 Å². The van der Waals surface area contributed by atoms with E-state index >= 15 is 0 Å². The van der Waals surface area contributed by atoms with Crippen molar-refractivity contribution < 1.29 is 8.42 Å². The van der Waals surface area contributed by atoms with Gasteiger partial charge in [0.15, 0.2) is 0 Å². The molecular weight excluding hydrogens is 244 g/mol. The Balaban J connectivity index is 1.95. The van der Waals surface area contributed by atoms with Crippen LogP contribution in [0.4, 0.5) is 0 Å². The van der Waals surface area contributed by atoms with Crippen LogP contribution in [0.3, 0.4) is 0 Å². The van der Waals surface area contributed by atoms with Gasteiger partial charge in [-0.2, -0.15) is 0 Å². The van der Waals surface area contributed by atoms with Crippen LogP contribution in [0.1, 0.15) is 32.1 Å². The summed E-state index contributed by atoms with van der Waals surface area (Å²) in [4.78, 5) is 1.09. The summed E-state index contributed by atoms with van der Waals surface area (Å²) < 4.78 is 25.0. The van der Waals surface area contributed by atoms with Gasteiger partial charge in [-0.1, -0.05) is 30.7 Å². The lowest BCUT2D eigenvalue weighted by molar-refractivity contribution is 0.407. The molecule has 1 aromatic rings. The molecular formula is C15H18O2S. The fraction of sp³-hybridized carbons (Fsp3) is 0.467. The van der Waals surface area contributed by atoms with Crippen molar-refractivity contribution in [2.24, 2.45) is 11.8 Å². The highest BCUT2D eigenvalue weighted by molar-refractivity contribution is 7.95. The van der Waals surface area contributed by atoms with Gasteiger partial charge in [-0.05, 0) is 49.7 Å². The largest absolute Gasteiger partial charge is 0.219 e. The number of allylic oxidation sites excluding steroid dienone is 2. The van der Waals surface area contributed by atoms with Gasteiger partial charge < -0.3 is 0 Å². The Hall–Kier alpha value is -1.09. The fourth-order valence-corrected chi connectivity index (χ4v) is 4.83. The first-order chi connectivity index (χ1) is 8.68. The lowest BCUT2D eigenvalue weighted by atomic mass is 9.87. The minimum atomic E-state index is -3.24. The molecule has 1 aromatic carbocycles. The van der Waals surface area contributed by atoms with Crippen molar-refractivity contribution in [3.8, 4) is 0 Å². The van der Waals surface area contributed by atoms with Gasteiger partial charge in [-0.3, -0.25) is 0 Å². The van der Waals surface area contributed by atoms with Gasteiger partial charge in [0.05, 0.1) is 4.90 Å². The lowest BCUT2D eigenvalue weighted by Crippen LogP contribution is -2.16. The summed E-state index contributed by atoms with van der Waals surface area (Å²) in [5.41, 5.74) is 0. The van der Waals surface area contributed by atoms with Crippen LogP contribution in [0, 0.1) is 11.8 Å². The van der Waals surface area contributed by atoms with Crippen LogP contribution < -0.4 is 0 Å². The maximum atomic E-state index is 12.5. The van der Waals surface area contributed by atoms with Crippen molar-refractivity contribution in [3.63, 3.8) is 0 Å². The van der Waals surface area contributed by atoms with Crippen LogP contribution in [0.5, 0.6) is 0 Å². The summed E-state index contributed by atoms with van der Waals surface area (Å²) in [7, 11) is -3.24. The van der Waals surface area contributed by atoms with E-state index in [1.807, 2.05) is 12.1 Å². The maximum Gasteiger partial charge on any atom is 0.202 e. The summed E-state index contributed by atoms with van der Waals surface area (Å²) in [6.45, 7) is 0. The van der Waals surface area contributed by atoms with Gasteiger partial charge in [0, 0.05) is 4.91 Å². The SMILES string of the molecule is O=S(=O)(C1=C[C@H]2CCC[C@@H]2CC1)c1ccccc1. The highest BCUT2D eigenvalue weighted by Gasteiger charge is 2.33. The van der Waals surface area contributed by atoms with Crippen molar-refractivity contribution in [1.82, 2.24) is 0 Å². The molecule has 0 aromatic heterocycles. The van der Waals surface area contributed by atoms with Gasteiger partial charge in [0.1, 0.15) is 0 Å². The number of hydrogen-bond donors (Lipinski definition) is 0. The third kappa shape index (κ3) is 2.01. The number of benzene rings is 1. The first kappa shape index (κ1) is 12.0. The van der Waals surface area contributed by atoms with Crippen molar-refractivity contribution in [3.05, 3.63) is 41.3 Å². The van der Waals surface area contributed by atoms with Gasteiger partial charge in [-0.15, -0.1) is 0 Å². The Kier molecular flexibility index (Phi) is 3.02. The molecule has 18 heavy (non-hydrogen) atoms. The summed E-state index contributed by atoms with van der Waals surface area (Å²) in [5.74, 6) is 1.24. The first-order valence-corrected chi connectivity index (χ1v) is 8.17. The summed E-state index contributed by atoms with van der Waals surface area (Å²) >= 11 is 0. The Morgan fingerprint density at radius 2 is 1.78 bits per heavy atom. The summed E-state index contributed by atoms with van der Waals surface area (Å²) in [6, 6.07) is 8.80. The topological polar surface area (TPSA) is 34.1 Å². The molecule has 0 bridgehead atoms. The molecule has 0 spiro atoms. The average Bonchev–Trinajstić information content (AvgIpc) is 2.87. The summed E-state index contributed by atoms with van der Waals surface area (Å²) in [6.07, 6.45) is 7.51. The Morgan fingerprint density at radius 1 is 1.00 bits per heavy atom. The fourth-order valence-electron chi connectivity index (χ4n) is 3.27. The van der Waals surface area contributed by atoms with E-state index in [4.69, 9.17) is 0 Å². The second-order valence-corrected chi connectivity index (χ2v) is 7.35. The number of sulfone groups is 1. The maximum absolute atomic E-state index is 12.5. The zero-order chi connectivity index (χ0) is 12.6. The molecule has 96 valence electrons. The smallest absolute Gasteiger partial charge is 0.202 e. The number of fused-ring (bicyclic) bond motifs is 1. The molecule has 2 atom stereocenters. The molecule has 3 rings (SSSR count). The lowest BCUT2D eigenvalue weighted by Gasteiger charge is -2.24. The average molecular weight is 262 g/mol. The molecule has 0 heterocycles. The van der Waals surface area contributed by atoms with Gasteiger partial charge in [0.25, 0.3) is 0 Å².